The fourth-order valence-electron chi connectivity index (χ4n) is 1.79. The van der Waals surface area contributed by atoms with Crippen molar-refractivity contribution in [2.75, 3.05) is 25.0 Å². The summed E-state index contributed by atoms with van der Waals surface area (Å²) in [6, 6.07) is 0.354. The van der Waals surface area contributed by atoms with Gasteiger partial charge in [-0.05, 0) is 25.8 Å². The van der Waals surface area contributed by atoms with E-state index >= 15 is 0 Å². The highest BCUT2D eigenvalue weighted by Crippen LogP contribution is 2.24. The zero-order valence-electron chi connectivity index (χ0n) is 12.4. The Kier molecular flexibility index (Phi) is 6.65. The molecule has 0 aromatic carbocycles. The Morgan fingerprint density at radius 2 is 2.11 bits per heavy atom. The van der Waals surface area contributed by atoms with Gasteiger partial charge < -0.3 is 10.2 Å². The van der Waals surface area contributed by atoms with Gasteiger partial charge in [-0.15, -0.1) is 11.3 Å². The minimum atomic E-state index is 0.354. The van der Waals surface area contributed by atoms with Crippen molar-refractivity contribution >= 4 is 16.5 Å². The summed E-state index contributed by atoms with van der Waals surface area (Å²) in [5.41, 5.74) is 1.17. The van der Waals surface area contributed by atoms with Crippen molar-refractivity contribution in [2.45, 2.75) is 46.6 Å². The topological polar surface area (TPSA) is 28.2 Å². The van der Waals surface area contributed by atoms with E-state index < -0.39 is 0 Å². The Labute approximate surface area is 116 Å². The third kappa shape index (κ3) is 4.58. The van der Waals surface area contributed by atoms with Gasteiger partial charge in [-0.1, -0.05) is 27.2 Å². The highest BCUT2D eigenvalue weighted by Gasteiger charge is 2.13. The van der Waals surface area contributed by atoms with Crippen molar-refractivity contribution in [3.05, 3.63) is 11.1 Å². The molecular weight excluding hydrogens is 242 g/mol. The minimum Gasteiger partial charge on any atom is -0.351 e. The minimum absolute atomic E-state index is 0.354. The van der Waals surface area contributed by atoms with Gasteiger partial charge in [0.05, 0.1) is 5.69 Å². The highest BCUT2D eigenvalue weighted by molar-refractivity contribution is 7.13. The molecule has 1 rings (SSSR count). The summed E-state index contributed by atoms with van der Waals surface area (Å²) in [6.07, 6.45) is 2.38. The molecule has 0 bridgehead atoms. The van der Waals surface area contributed by atoms with Gasteiger partial charge in [0.15, 0.2) is 5.13 Å². The summed E-state index contributed by atoms with van der Waals surface area (Å²) in [4.78, 5) is 7.00. The summed E-state index contributed by atoms with van der Waals surface area (Å²) >= 11 is 1.75. The van der Waals surface area contributed by atoms with Crippen LogP contribution in [0, 0.1) is 5.92 Å². The summed E-state index contributed by atoms with van der Waals surface area (Å²) in [5.74, 6) is 0.720. The Balaban J connectivity index is 2.56. The first kappa shape index (κ1) is 15.4. The van der Waals surface area contributed by atoms with E-state index in [9.17, 15) is 0 Å². The van der Waals surface area contributed by atoms with Crippen LogP contribution < -0.4 is 10.2 Å². The van der Waals surface area contributed by atoms with Gasteiger partial charge in [-0.25, -0.2) is 4.98 Å². The number of anilines is 1. The van der Waals surface area contributed by atoms with Gasteiger partial charge in [0, 0.05) is 25.0 Å². The van der Waals surface area contributed by atoms with Crippen molar-refractivity contribution in [3.63, 3.8) is 0 Å². The van der Waals surface area contributed by atoms with Crippen LogP contribution in [-0.4, -0.2) is 25.1 Å². The average Bonchev–Trinajstić information content (AvgIpc) is 2.85. The SMILES string of the molecule is CCCNC(C)c1csc(N(C)CC(C)CC)n1. The van der Waals surface area contributed by atoms with E-state index in [-0.39, 0.29) is 0 Å². The van der Waals surface area contributed by atoms with E-state index in [1.807, 2.05) is 0 Å². The standard InChI is InChI=1S/C14H27N3S/c1-6-8-15-12(4)13-10-18-14(16-13)17(5)9-11(3)7-2/h10-12,15H,6-9H2,1-5H3. The van der Waals surface area contributed by atoms with Crippen molar-refractivity contribution in [3.8, 4) is 0 Å². The first-order valence-corrected chi connectivity index (χ1v) is 7.86. The normalized spacial score (nSPS) is 14.5. The zero-order chi connectivity index (χ0) is 13.5. The van der Waals surface area contributed by atoms with E-state index in [0.29, 0.717) is 6.04 Å². The summed E-state index contributed by atoms with van der Waals surface area (Å²) in [5, 5.41) is 6.79. The zero-order valence-corrected chi connectivity index (χ0v) is 13.2. The maximum atomic E-state index is 4.73. The van der Waals surface area contributed by atoms with E-state index in [2.05, 4.69) is 50.3 Å². The predicted octanol–water partition coefficient (Wildman–Crippen LogP) is 3.69. The lowest BCUT2D eigenvalue weighted by Gasteiger charge is -2.19. The maximum absolute atomic E-state index is 4.73. The first-order valence-electron chi connectivity index (χ1n) is 6.98. The van der Waals surface area contributed by atoms with Crippen LogP contribution in [0.1, 0.15) is 52.3 Å². The molecule has 0 saturated heterocycles. The van der Waals surface area contributed by atoms with E-state index in [0.717, 1.165) is 30.6 Å². The number of nitrogens with one attached hydrogen (secondary N) is 1. The quantitative estimate of drug-likeness (QED) is 0.780. The third-order valence-electron chi connectivity index (χ3n) is 3.26. The van der Waals surface area contributed by atoms with Gasteiger partial charge in [0.25, 0.3) is 0 Å². The van der Waals surface area contributed by atoms with Gasteiger partial charge in [0.1, 0.15) is 0 Å². The molecule has 4 heteroatoms. The average molecular weight is 269 g/mol. The fraction of sp³-hybridized carbons (Fsp3) is 0.786. The molecule has 0 amide bonds. The lowest BCUT2D eigenvalue weighted by molar-refractivity contribution is 0.552. The Morgan fingerprint density at radius 1 is 1.39 bits per heavy atom. The smallest absolute Gasteiger partial charge is 0.185 e. The van der Waals surface area contributed by atoms with Crippen LogP contribution in [0.15, 0.2) is 5.38 Å². The van der Waals surface area contributed by atoms with Crippen LogP contribution in [0.2, 0.25) is 0 Å². The summed E-state index contributed by atoms with van der Waals surface area (Å²) < 4.78 is 0. The van der Waals surface area contributed by atoms with Crippen molar-refractivity contribution in [1.29, 1.82) is 0 Å². The van der Waals surface area contributed by atoms with Gasteiger partial charge >= 0.3 is 0 Å². The molecule has 0 fully saturated rings. The van der Waals surface area contributed by atoms with E-state index in [4.69, 9.17) is 4.98 Å². The van der Waals surface area contributed by atoms with E-state index in [1.165, 1.54) is 12.1 Å². The molecule has 1 heterocycles. The van der Waals surface area contributed by atoms with Crippen molar-refractivity contribution in [2.24, 2.45) is 5.92 Å². The highest BCUT2D eigenvalue weighted by atomic mass is 32.1. The van der Waals surface area contributed by atoms with E-state index in [1.54, 1.807) is 11.3 Å². The maximum Gasteiger partial charge on any atom is 0.185 e. The number of hydrogen-bond acceptors (Lipinski definition) is 4. The van der Waals surface area contributed by atoms with Crippen LogP contribution in [0.4, 0.5) is 5.13 Å². The second-order valence-electron chi connectivity index (χ2n) is 5.12. The monoisotopic (exact) mass is 269 g/mol. The molecule has 2 atom stereocenters. The van der Waals surface area contributed by atoms with Gasteiger partial charge in [0.2, 0.25) is 0 Å². The largest absolute Gasteiger partial charge is 0.351 e. The van der Waals surface area contributed by atoms with Gasteiger partial charge in [-0.3, -0.25) is 0 Å². The Hall–Kier alpha value is -0.610. The molecule has 2 unspecified atom stereocenters. The Morgan fingerprint density at radius 3 is 2.72 bits per heavy atom. The number of hydrogen-bond donors (Lipinski definition) is 1. The first-order chi connectivity index (χ1) is 8.58. The van der Waals surface area contributed by atoms with Crippen molar-refractivity contribution < 1.29 is 0 Å². The number of thiazole rings is 1. The van der Waals surface area contributed by atoms with Crippen LogP contribution >= 0.6 is 11.3 Å². The second-order valence-corrected chi connectivity index (χ2v) is 5.96. The third-order valence-corrected chi connectivity index (χ3v) is 4.24. The molecule has 0 spiro atoms. The molecule has 3 nitrogen and oxygen atoms in total. The number of rotatable bonds is 8. The molecule has 1 aromatic rings. The van der Waals surface area contributed by atoms with Gasteiger partial charge in [-0.2, -0.15) is 0 Å². The fourth-order valence-corrected chi connectivity index (χ4v) is 2.69. The van der Waals surface area contributed by atoms with Crippen LogP contribution in [0.25, 0.3) is 0 Å². The molecule has 18 heavy (non-hydrogen) atoms. The van der Waals surface area contributed by atoms with Crippen LogP contribution in [0.3, 0.4) is 0 Å². The second kappa shape index (κ2) is 7.74. The predicted molar refractivity (Wildman–Crippen MR) is 81.5 cm³/mol. The summed E-state index contributed by atoms with van der Waals surface area (Å²) in [6.45, 7) is 11.0. The number of nitrogens with zero attached hydrogens (tertiary/aromatic N) is 2. The van der Waals surface area contributed by atoms with Crippen LogP contribution in [-0.2, 0) is 0 Å². The molecule has 0 aliphatic carbocycles. The lowest BCUT2D eigenvalue weighted by Crippen LogP contribution is -2.24. The molecule has 0 aliphatic rings. The Bertz CT molecular complexity index is 338. The number of aromatic nitrogens is 1. The molecule has 0 saturated carbocycles. The molecule has 0 aliphatic heterocycles. The molecule has 0 radical (unpaired) electrons. The molecule has 104 valence electrons. The van der Waals surface area contributed by atoms with Crippen molar-refractivity contribution in [1.82, 2.24) is 10.3 Å². The molecule has 1 aromatic heterocycles. The summed E-state index contributed by atoms with van der Waals surface area (Å²) in [7, 11) is 2.14. The lowest BCUT2D eigenvalue weighted by atomic mass is 10.1. The molecule has 1 N–H and O–H groups in total. The molecular formula is C14H27N3S. The van der Waals surface area contributed by atoms with Crippen LogP contribution in [0.5, 0.6) is 0 Å².